The van der Waals surface area contributed by atoms with E-state index in [1.165, 1.54) is 11.8 Å². The number of para-hydroxylation sites is 1. The van der Waals surface area contributed by atoms with E-state index in [1.807, 2.05) is 35.2 Å². The minimum Gasteiger partial charge on any atom is -0.480 e. The summed E-state index contributed by atoms with van der Waals surface area (Å²) < 4.78 is 0. The van der Waals surface area contributed by atoms with Crippen molar-refractivity contribution >= 4 is 28.5 Å². The molecule has 136 valence electrons. The van der Waals surface area contributed by atoms with Gasteiger partial charge in [-0.25, -0.2) is 4.79 Å². The van der Waals surface area contributed by atoms with Crippen molar-refractivity contribution in [2.24, 2.45) is 0 Å². The van der Waals surface area contributed by atoms with Gasteiger partial charge in [0, 0.05) is 24.2 Å². The molecule has 0 saturated carbocycles. The van der Waals surface area contributed by atoms with Crippen LogP contribution in [0.4, 0.5) is 5.69 Å². The summed E-state index contributed by atoms with van der Waals surface area (Å²) in [6, 6.07) is 14.0. The molecule has 0 aliphatic carbocycles. The maximum absolute atomic E-state index is 12.7. The number of fused-ring (bicyclic) bond motifs is 2. The van der Waals surface area contributed by atoms with E-state index in [-0.39, 0.29) is 6.54 Å². The molecule has 7 nitrogen and oxygen atoms in total. The van der Waals surface area contributed by atoms with Gasteiger partial charge >= 0.3 is 5.97 Å². The van der Waals surface area contributed by atoms with Crippen molar-refractivity contribution in [3.63, 3.8) is 0 Å². The molecule has 1 amide bonds. The fraction of sp³-hybridized carbons (Fsp3) is 0.200. The van der Waals surface area contributed by atoms with Gasteiger partial charge in [0.2, 0.25) is 0 Å². The van der Waals surface area contributed by atoms with Gasteiger partial charge in [-0.1, -0.05) is 36.4 Å². The highest BCUT2D eigenvalue weighted by Gasteiger charge is 2.27. The van der Waals surface area contributed by atoms with Gasteiger partial charge in [-0.2, -0.15) is 10.2 Å². The molecule has 2 N–H and O–H groups in total. The number of benzene rings is 2. The Kier molecular flexibility index (Phi) is 4.42. The molecular formula is C20H18N4O3. The molecule has 0 bridgehead atoms. The van der Waals surface area contributed by atoms with Gasteiger partial charge in [-0.3, -0.25) is 4.79 Å². The zero-order valence-electron chi connectivity index (χ0n) is 14.5. The number of amides is 1. The van der Waals surface area contributed by atoms with Crippen LogP contribution in [0, 0.1) is 0 Å². The van der Waals surface area contributed by atoms with Crippen LogP contribution in [0.5, 0.6) is 0 Å². The lowest BCUT2D eigenvalue weighted by Gasteiger charge is -2.24. The van der Waals surface area contributed by atoms with E-state index >= 15 is 0 Å². The molecule has 27 heavy (non-hydrogen) atoms. The number of carboxylic acids is 1. The molecule has 0 spiro atoms. The largest absolute Gasteiger partial charge is 0.480 e. The van der Waals surface area contributed by atoms with Crippen molar-refractivity contribution in [2.75, 3.05) is 18.0 Å². The van der Waals surface area contributed by atoms with Crippen molar-refractivity contribution in [1.82, 2.24) is 15.5 Å². The van der Waals surface area contributed by atoms with Gasteiger partial charge in [0.05, 0.1) is 17.3 Å². The van der Waals surface area contributed by atoms with Crippen molar-refractivity contribution in [1.29, 1.82) is 0 Å². The standard InChI is InChI=1S/C20H18N4O3/c25-19(15-11-21-23-16-7-3-2-6-14(15)16)22-17(20(26)27)12-24-10-9-13-5-1-4-8-18(13)24/h1-8,11,17H,9-10,12H2,(H,22,25)(H,26,27). The van der Waals surface area contributed by atoms with E-state index in [0.717, 1.165) is 18.7 Å². The van der Waals surface area contributed by atoms with E-state index in [2.05, 4.69) is 15.5 Å². The van der Waals surface area contributed by atoms with Crippen LogP contribution in [0.15, 0.2) is 54.7 Å². The number of carbonyl (C=O) groups excluding carboxylic acids is 1. The van der Waals surface area contributed by atoms with Crippen molar-refractivity contribution in [2.45, 2.75) is 12.5 Å². The van der Waals surface area contributed by atoms with Crippen LogP contribution in [0.2, 0.25) is 0 Å². The Balaban J connectivity index is 1.55. The van der Waals surface area contributed by atoms with Gasteiger partial charge in [-0.05, 0) is 24.1 Å². The summed E-state index contributed by atoms with van der Waals surface area (Å²) in [6.45, 7) is 0.938. The van der Waals surface area contributed by atoms with Crippen LogP contribution in [0.1, 0.15) is 15.9 Å². The van der Waals surface area contributed by atoms with E-state index in [4.69, 9.17) is 0 Å². The lowest BCUT2D eigenvalue weighted by atomic mass is 10.1. The molecule has 4 rings (SSSR count). The van der Waals surface area contributed by atoms with Crippen molar-refractivity contribution in [3.8, 4) is 0 Å². The predicted octanol–water partition coefficient (Wildman–Crippen LogP) is 1.88. The second-order valence-electron chi connectivity index (χ2n) is 6.46. The third-order valence-corrected chi connectivity index (χ3v) is 4.78. The van der Waals surface area contributed by atoms with Gasteiger partial charge in [0.25, 0.3) is 5.91 Å². The first-order chi connectivity index (χ1) is 13.1. The fourth-order valence-electron chi connectivity index (χ4n) is 3.43. The molecule has 1 aromatic heterocycles. The molecule has 0 saturated heterocycles. The van der Waals surface area contributed by atoms with Gasteiger partial charge in [0.1, 0.15) is 6.04 Å². The Morgan fingerprint density at radius 3 is 2.78 bits per heavy atom. The number of hydrogen-bond donors (Lipinski definition) is 2. The number of aliphatic carboxylic acids is 1. The molecule has 1 unspecified atom stereocenters. The summed E-state index contributed by atoms with van der Waals surface area (Å²) >= 11 is 0. The van der Waals surface area contributed by atoms with E-state index in [1.54, 1.807) is 18.2 Å². The number of anilines is 1. The Morgan fingerprint density at radius 2 is 1.93 bits per heavy atom. The minimum absolute atomic E-state index is 0.203. The lowest BCUT2D eigenvalue weighted by Crippen LogP contribution is -2.48. The molecule has 2 heterocycles. The molecule has 3 aromatic rings. The minimum atomic E-state index is -1.07. The molecule has 7 heteroatoms. The smallest absolute Gasteiger partial charge is 0.328 e. The molecule has 1 aliphatic heterocycles. The highest BCUT2D eigenvalue weighted by molar-refractivity contribution is 6.06. The number of carboxylic acid groups (broad SMARTS) is 1. The first-order valence-corrected chi connectivity index (χ1v) is 8.70. The molecule has 0 fully saturated rings. The number of nitrogens with zero attached hydrogens (tertiary/aromatic N) is 3. The average Bonchev–Trinajstić information content (AvgIpc) is 3.10. The van der Waals surface area contributed by atoms with Crippen LogP contribution in [-0.2, 0) is 11.2 Å². The van der Waals surface area contributed by atoms with E-state index in [0.29, 0.717) is 16.5 Å². The van der Waals surface area contributed by atoms with Crippen molar-refractivity contribution < 1.29 is 14.7 Å². The molecular weight excluding hydrogens is 344 g/mol. The number of rotatable bonds is 5. The Hall–Kier alpha value is -3.48. The summed E-state index contributed by atoms with van der Waals surface area (Å²) in [6.07, 6.45) is 2.23. The summed E-state index contributed by atoms with van der Waals surface area (Å²) in [4.78, 5) is 26.5. The van der Waals surface area contributed by atoms with Crippen LogP contribution in [-0.4, -0.2) is 46.3 Å². The summed E-state index contributed by atoms with van der Waals surface area (Å²) in [7, 11) is 0. The second-order valence-corrected chi connectivity index (χ2v) is 6.46. The Labute approximate surface area is 155 Å². The number of hydrogen-bond acceptors (Lipinski definition) is 5. The first kappa shape index (κ1) is 17.0. The monoisotopic (exact) mass is 362 g/mol. The van der Waals surface area contributed by atoms with E-state index < -0.39 is 17.9 Å². The number of carbonyl (C=O) groups is 2. The third-order valence-electron chi connectivity index (χ3n) is 4.78. The zero-order chi connectivity index (χ0) is 18.8. The Morgan fingerprint density at radius 1 is 1.15 bits per heavy atom. The highest BCUT2D eigenvalue weighted by atomic mass is 16.4. The van der Waals surface area contributed by atoms with Crippen LogP contribution in [0.3, 0.4) is 0 Å². The normalized spacial score (nSPS) is 14.0. The quantitative estimate of drug-likeness (QED) is 0.719. The maximum Gasteiger partial charge on any atom is 0.328 e. The number of aromatic nitrogens is 2. The fourth-order valence-corrected chi connectivity index (χ4v) is 3.43. The van der Waals surface area contributed by atoms with Gasteiger partial charge in [-0.15, -0.1) is 0 Å². The Bertz CT molecular complexity index is 1020. The second kappa shape index (κ2) is 7.03. The summed E-state index contributed by atoms with van der Waals surface area (Å²) in [5.41, 5.74) is 3.12. The van der Waals surface area contributed by atoms with Crippen LogP contribution < -0.4 is 10.2 Å². The summed E-state index contributed by atoms with van der Waals surface area (Å²) in [5, 5.41) is 20.7. The van der Waals surface area contributed by atoms with Crippen LogP contribution >= 0.6 is 0 Å². The molecule has 0 radical (unpaired) electrons. The first-order valence-electron chi connectivity index (χ1n) is 8.70. The highest BCUT2D eigenvalue weighted by Crippen LogP contribution is 2.27. The summed E-state index contributed by atoms with van der Waals surface area (Å²) in [5.74, 6) is -1.54. The molecule has 1 aliphatic rings. The lowest BCUT2D eigenvalue weighted by molar-refractivity contribution is -0.139. The van der Waals surface area contributed by atoms with Crippen LogP contribution in [0.25, 0.3) is 10.9 Å². The maximum atomic E-state index is 12.7. The predicted molar refractivity (Wildman–Crippen MR) is 101 cm³/mol. The third kappa shape index (κ3) is 3.31. The van der Waals surface area contributed by atoms with Gasteiger partial charge in [0.15, 0.2) is 0 Å². The number of nitrogens with one attached hydrogen (secondary N) is 1. The SMILES string of the molecule is O=C(NC(CN1CCc2ccccc21)C(=O)O)c1cnnc2ccccc12. The van der Waals surface area contributed by atoms with E-state index in [9.17, 15) is 14.7 Å². The topological polar surface area (TPSA) is 95.4 Å². The van der Waals surface area contributed by atoms with Crippen molar-refractivity contribution in [3.05, 3.63) is 65.9 Å². The molecule has 1 atom stereocenters. The molecule has 2 aromatic carbocycles. The average molecular weight is 362 g/mol. The zero-order valence-corrected chi connectivity index (χ0v) is 14.5. The van der Waals surface area contributed by atoms with Gasteiger partial charge < -0.3 is 15.3 Å².